The second-order valence-electron chi connectivity index (χ2n) is 4.45. The zero-order chi connectivity index (χ0) is 13.7. The van der Waals surface area contributed by atoms with Crippen LogP contribution in [0.15, 0.2) is 17.4 Å². The van der Waals surface area contributed by atoms with Crippen molar-refractivity contribution in [2.75, 3.05) is 0 Å². The minimum Gasteiger partial charge on any atom is -0.409 e. The lowest BCUT2D eigenvalue weighted by atomic mass is 9.94. The molecule has 0 aliphatic carbocycles. The van der Waals surface area contributed by atoms with Crippen molar-refractivity contribution in [1.82, 2.24) is 15.1 Å². The summed E-state index contributed by atoms with van der Waals surface area (Å²) < 4.78 is 1.66. The molecule has 0 radical (unpaired) electrons. The number of nitrogens with one attached hydrogen (secondary N) is 1. The quantitative estimate of drug-likeness (QED) is 0.298. The number of oxime groups is 1. The largest absolute Gasteiger partial charge is 0.409 e. The van der Waals surface area contributed by atoms with Gasteiger partial charge in [-0.15, -0.1) is 0 Å². The molecule has 7 nitrogen and oxygen atoms in total. The van der Waals surface area contributed by atoms with Crippen molar-refractivity contribution in [2.24, 2.45) is 29.8 Å². The van der Waals surface area contributed by atoms with E-state index in [1.54, 1.807) is 17.9 Å². The van der Waals surface area contributed by atoms with Gasteiger partial charge in [-0.3, -0.25) is 9.48 Å². The van der Waals surface area contributed by atoms with Crippen LogP contribution in [0.25, 0.3) is 0 Å². The van der Waals surface area contributed by atoms with E-state index >= 15 is 0 Å². The van der Waals surface area contributed by atoms with E-state index in [2.05, 4.69) is 15.6 Å². The van der Waals surface area contributed by atoms with E-state index in [4.69, 9.17) is 10.9 Å². The first kappa shape index (κ1) is 14.0. The van der Waals surface area contributed by atoms with Crippen LogP contribution in [0.5, 0.6) is 0 Å². The second kappa shape index (κ2) is 6.04. The molecule has 1 rings (SSSR count). The molecule has 0 aliphatic rings. The van der Waals surface area contributed by atoms with Crippen LogP contribution in [-0.4, -0.2) is 26.7 Å². The fraction of sp³-hybridized carbons (Fsp3) is 0.545. The molecule has 7 heteroatoms. The number of aryl methyl sites for hydroxylation is 1. The van der Waals surface area contributed by atoms with E-state index in [9.17, 15) is 4.79 Å². The molecule has 0 aromatic carbocycles. The number of rotatable bonds is 5. The number of carbonyl (C=O) groups excluding carboxylic acids is 1. The summed E-state index contributed by atoms with van der Waals surface area (Å²) >= 11 is 0. The number of nitrogens with zero attached hydrogens (tertiary/aromatic N) is 3. The number of hydrogen-bond donors (Lipinski definition) is 3. The first-order chi connectivity index (χ1) is 8.45. The molecule has 1 atom stereocenters. The van der Waals surface area contributed by atoms with E-state index in [1.807, 2.05) is 19.9 Å². The highest BCUT2D eigenvalue weighted by atomic mass is 16.4. The average Bonchev–Trinajstić information content (AvgIpc) is 2.72. The molecule has 0 fully saturated rings. The SMILES string of the molecule is CC(C)C(C(=O)NCc1ccn(C)n1)/C(N)=N/O. The van der Waals surface area contributed by atoms with E-state index in [1.165, 1.54) is 0 Å². The summed E-state index contributed by atoms with van der Waals surface area (Å²) in [5.41, 5.74) is 6.27. The molecule has 100 valence electrons. The summed E-state index contributed by atoms with van der Waals surface area (Å²) in [5, 5.41) is 18.4. The Hall–Kier alpha value is -2.05. The van der Waals surface area contributed by atoms with Crippen LogP contribution in [0, 0.1) is 11.8 Å². The summed E-state index contributed by atoms with van der Waals surface area (Å²) in [5.74, 6) is -1.04. The van der Waals surface area contributed by atoms with Crippen molar-refractivity contribution >= 4 is 11.7 Å². The maximum Gasteiger partial charge on any atom is 0.231 e. The van der Waals surface area contributed by atoms with Gasteiger partial charge in [0.2, 0.25) is 5.91 Å². The zero-order valence-electron chi connectivity index (χ0n) is 10.8. The van der Waals surface area contributed by atoms with Gasteiger partial charge in [-0.1, -0.05) is 19.0 Å². The second-order valence-corrected chi connectivity index (χ2v) is 4.45. The maximum absolute atomic E-state index is 11.9. The lowest BCUT2D eigenvalue weighted by molar-refractivity contribution is -0.124. The monoisotopic (exact) mass is 253 g/mol. The highest BCUT2D eigenvalue weighted by Crippen LogP contribution is 2.11. The summed E-state index contributed by atoms with van der Waals surface area (Å²) in [6, 6.07) is 1.81. The van der Waals surface area contributed by atoms with E-state index in [0.717, 1.165) is 5.69 Å². The normalized spacial score (nSPS) is 13.7. The van der Waals surface area contributed by atoms with Gasteiger partial charge in [0.1, 0.15) is 5.92 Å². The predicted octanol–water partition coefficient (Wildman–Crippen LogP) is 0.0549. The Bertz CT molecular complexity index is 438. The molecule has 1 aromatic heterocycles. The van der Waals surface area contributed by atoms with Gasteiger partial charge in [-0.25, -0.2) is 0 Å². The van der Waals surface area contributed by atoms with Gasteiger partial charge >= 0.3 is 0 Å². The van der Waals surface area contributed by atoms with Gasteiger partial charge in [0.05, 0.1) is 12.2 Å². The first-order valence-corrected chi connectivity index (χ1v) is 5.69. The molecule has 1 amide bonds. The zero-order valence-corrected chi connectivity index (χ0v) is 10.8. The van der Waals surface area contributed by atoms with Gasteiger partial charge in [0.25, 0.3) is 0 Å². The van der Waals surface area contributed by atoms with Crippen LogP contribution >= 0.6 is 0 Å². The Labute approximate surface area is 106 Å². The molecule has 0 saturated heterocycles. The minimum atomic E-state index is -0.640. The Kier molecular flexibility index (Phi) is 4.70. The minimum absolute atomic E-state index is 0.0513. The molecule has 0 spiro atoms. The van der Waals surface area contributed by atoms with Gasteiger partial charge in [0, 0.05) is 13.2 Å². The van der Waals surface area contributed by atoms with E-state index in [0.29, 0.717) is 6.54 Å². The average molecular weight is 253 g/mol. The van der Waals surface area contributed by atoms with Gasteiger partial charge in [-0.05, 0) is 12.0 Å². The van der Waals surface area contributed by atoms with E-state index in [-0.39, 0.29) is 17.7 Å². The van der Waals surface area contributed by atoms with Crippen molar-refractivity contribution in [1.29, 1.82) is 0 Å². The number of carbonyl (C=O) groups is 1. The summed E-state index contributed by atoms with van der Waals surface area (Å²) in [6.07, 6.45) is 1.80. The Morgan fingerprint density at radius 3 is 2.78 bits per heavy atom. The lowest BCUT2D eigenvalue weighted by Gasteiger charge is -2.18. The van der Waals surface area contributed by atoms with Crippen LogP contribution in [0.2, 0.25) is 0 Å². The Balaban J connectivity index is 2.62. The third kappa shape index (κ3) is 3.47. The topological polar surface area (TPSA) is 106 Å². The lowest BCUT2D eigenvalue weighted by Crippen LogP contribution is -2.41. The third-order valence-electron chi connectivity index (χ3n) is 2.60. The van der Waals surface area contributed by atoms with Crippen LogP contribution in [0.4, 0.5) is 0 Å². The van der Waals surface area contributed by atoms with Crippen molar-refractivity contribution < 1.29 is 10.0 Å². The highest BCUT2D eigenvalue weighted by Gasteiger charge is 2.26. The Morgan fingerprint density at radius 1 is 1.67 bits per heavy atom. The standard InChI is InChI=1S/C11H19N5O2/c1-7(2)9(10(12)15-18)11(17)13-6-8-4-5-16(3)14-8/h4-5,7,9,18H,6H2,1-3H3,(H2,12,15)(H,13,17). The van der Waals surface area contributed by atoms with Crippen LogP contribution < -0.4 is 11.1 Å². The number of hydrogen-bond acceptors (Lipinski definition) is 4. The summed E-state index contributed by atoms with van der Waals surface area (Å²) in [4.78, 5) is 11.9. The number of amidine groups is 1. The molecule has 4 N–H and O–H groups in total. The predicted molar refractivity (Wildman–Crippen MR) is 66.8 cm³/mol. The fourth-order valence-corrected chi connectivity index (χ4v) is 1.69. The van der Waals surface area contributed by atoms with Crippen molar-refractivity contribution in [2.45, 2.75) is 20.4 Å². The highest BCUT2D eigenvalue weighted by molar-refractivity contribution is 6.02. The maximum atomic E-state index is 11.9. The number of nitrogens with two attached hydrogens (primary N) is 1. The smallest absolute Gasteiger partial charge is 0.231 e. The summed E-state index contributed by atoms with van der Waals surface area (Å²) in [6.45, 7) is 3.99. The van der Waals surface area contributed by atoms with Crippen LogP contribution in [0.3, 0.4) is 0 Å². The number of amides is 1. The molecule has 1 heterocycles. The summed E-state index contributed by atoms with van der Waals surface area (Å²) in [7, 11) is 1.80. The van der Waals surface area contributed by atoms with Crippen LogP contribution in [-0.2, 0) is 18.4 Å². The Morgan fingerprint density at radius 2 is 2.33 bits per heavy atom. The molecular weight excluding hydrogens is 234 g/mol. The van der Waals surface area contributed by atoms with Crippen molar-refractivity contribution in [3.63, 3.8) is 0 Å². The van der Waals surface area contributed by atoms with Gasteiger partial charge in [0.15, 0.2) is 5.84 Å². The van der Waals surface area contributed by atoms with Gasteiger partial charge in [-0.2, -0.15) is 5.10 Å². The van der Waals surface area contributed by atoms with Gasteiger partial charge < -0.3 is 16.3 Å². The third-order valence-corrected chi connectivity index (χ3v) is 2.60. The van der Waals surface area contributed by atoms with E-state index < -0.39 is 5.92 Å². The molecule has 0 bridgehead atoms. The molecular formula is C11H19N5O2. The molecule has 0 saturated carbocycles. The molecule has 0 aliphatic heterocycles. The fourth-order valence-electron chi connectivity index (χ4n) is 1.69. The van der Waals surface area contributed by atoms with Crippen molar-refractivity contribution in [3.8, 4) is 0 Å². The molecule has 18 heavy (non-hydrogen) atoms. The first-order valence-electron chi connectivity index (χ1n) is 5.69. The molecule has 1 aromatic rings. The number of aromatic nitrogens is 2. The van der Waals surface area contributed by atoms with Crippen molar-refractivity contribution in [3.05, 3.63) is 18.0 Å². The molecule has 1 unspecified atom stereocenters. The van der Waals surface area contributed by atoms with Crippen LogP contribution in [0.1, 0.15) is 19.5 Å².